The first-order valence-electron chi connectivity index (χ1n) is 8.05. The molecule has 0 spiro atoms. The maximum absolute atomic E-state index is 16.3. The molecule has 2 aliphatic rings. The molecule has 0 heterocycles. The Morgan fingerprint density at radius 2 is 1.33 bits per heavy atom. The number of alkyl halides is 3. The van der Waals surface area contributed by atoms with Gasteiger partial charge in [-0.3, -0.25) is 0 Å². The summed E-state index contributed by atoms with van der Waals surface area (Å²) in [6.45, 7) is 0. The third-order valence-corrected chi connectivity index (χ3v) is 14.9. The van der Waals surface area contributed by atoms with Gasteiger partial charge in [-0.25, -0.2) is 0 Å². The summed E-state index contributed by atoms with van der Waals surface area (Å²) in [6, 6.07) is 8.11. The van der Waals surface area contributed by atoms with Gasteiger partial charge >= 0.3 is 160 Å². The van der Waals surface area contributed by atoms with Crippen LogP contribution >= 0.6 is 0 Å². The second kappa shape index (κ2) is 6.18. The van der Waals surface area contributed by atoms with E-state index in [9.17, 15) is 21.8 Å². The first-order valence-corrected chi connectivity index (χ1v) is 13.5. The fourth-order valence-electron chi connectivity index (χ4n) is 3.28. The van der Waals surface area contributed by atoms with E-state index in [1.165, 1.54) is 36.4 Å². The maximum atomic E-state index is 16.3. The molecule has 8 heteroatoms. The van der Waals surface area contributed by atoms with Crippen LogP contribution in [0.1, 0.15) is 22.3 Å². The van der Waals surface area contributed by atoms with Gasteiger partial charge in [-0.05, 0) is 0 Å². The van der Waals surface area contributed by atoms with Crippen molar-refractivity contribution in [1.29, 1.82) is 0 Å². The number of allylic oxidation sites excluding steroid dienone is 2. The van der Waals surface area contributed by atoms with Crippen LogP contribution < -0.4 is 19.0 Å². The standard InChI is InChI=1S/C19H15F3IO3S/c20-19(21,27(24,25)26)23(22,17-9-7-13-3-1-5-15(13)11-17)18-10-8-14-4-2-6-16(14)12-18/h1-2,5-12H,3-4H2,(H,24,25,26)/q-1. The Kier molecular flexibility index (Phi) is 4.28. The molecule has 0 bridgehead atoms. The number of fused-ring (bicyclic) bond motifs is 2. The Morgan fingerprint density at radius 3 is 1.74 bits per heavy atom. The van der Waals surface area contributed by atoms with Gasteiger partial charge in [0.05, 0.1) is 0 Å². The summed E-state index contributed by atoms with van der Waals surface area (Å²) >= 11 is -6.26. The van der Waals surface area contributed by atoms with Crippen molar-refractivity contribution in [2.45, 2.75) is 16.1 Å². The first kappa shape index (κ1) is 18.7. The summed E-state index contributed by atoms with van der Waals surface area (Å²) in [7, 11) is -5.95. The Labute approximate surface area is 159 Å². The predicted octanol–water partition coefficient (Wildman–Crippen LogP) is 1.35. The molecule has 0 aromatic heterocycles. The van der Waals surface area contributed by atoms with Crippen molar-refractivity contribution in [2.75, 3.05) is 0 Å². The zero-order valence-electron chi connectivity index (χ0n) is 13.9. The Morgan fingerprint density at radius 1 is 0.889 bits per heavy atom. The van der Waals surface area contributed by atoms with E-state index in [1.54, 1.807) is 12.2 Å². The van der Waals surface area contributed by atoms with Crippen LogP contribution in [0, 0.1) is 7.14 Å². The zero-order valence-corrected chi connectivity index (χ0v) is 16.8. The van der Waals surface area contributed by atoms with Crippen LogP contribution in [0.2, 0.25) is 0 Å². The zero-order chi connectivity index (χ0) is 19.4. The van der Waals surface area contributed by atoms with Crippen LogP contribution in [-0.4, -0.2) is 16.2 Å². The number of hydrogen-bond donors (Lipinski definition) is 1. The molecular weight excluding hydrogens is 492 g/mol. The molecule has 2 aromatic rings. The van der Waals surface area contributed by atoms with E-state index in [4.69, 9.17) is 0 Å². The molecule has 3 nitrogen and oxygen atoms in total. The van der Waals surface area contributed by atoms with E-state index in [0.29, 0.717) is 24.0 Å². The second-order valence-corrected chi connectivity index (χ2v) is 15.2. The van der Waals surface area contributed by atoms with Gasteiger partial charge in [0.25, 0.3) is 0 Å². The van der Waals surface area contributed by atoms with Crippen LogP contribution in [0.4, 0.5) is 11.6 Å². The van der Waals surface area contributed by atoms with E-state index in [0.717, 1.165) is 11.1 Å². The number of hydrogen-bond acceptors (Lipinski definition) is 2. The Bertz CT molecular complexity index is 1040. The molecule has 2 aromatic carbocycles. The van der Waals surface area contributed by atoms with Crippen molar-refractivity contribution in [3.63, 3.8) is 0 Å². The topological polar surface area (TPSA) is 54.4 Å². The van der Waals surface area contributed by atoms with Gasteiger partial charge in [0.2, 0.25) is 0 Å². The van der Waals surface area contributed by atoms with Crippen LogP contribution in [0.3, 0.4) is 0 Å². The van der Waals surface area contributed by atoms with Crippen molar-refractivity contribution in [3.8, 4) is 0 Å². The van der Waals surface area contributed by atoms with Crippen LogP contribution in [0.25, 0.3) is 12.2 Å². The molecule has 0 saturated carbocycles. The molecule has 0 radical (unpaired) electrons. The van der Waals surface area contributed by atoms with E-state index < -0.39 is 32.4 Å². The number of rotatable bonds is 4. The Hall–Kier alpha value is -1.65. The third-order valence-electron chi connectivity index (χ3n) is 4.68. The van der Waals surface area contributed by atoms with Gasteiger partial charge in [0.1, 0.15) is 0 Å². The van der Waals surface area contributed by atoms with Crippen molar-refractivity contribution in [2.24, 2.45) is 0 Å². The molecule has 0 fully saturated rings. The quantitative estimate of drug-likeness (QED) is 0.387. The molecule has 27 heavy (non-hydrogen) atoms. The monoisotopic (exact) mass is 507 g/mol. The van der Waals surface area contributed by atoms with E-state index in [-0.39, 0.29) is 7.14 Å². The number of halogens is 4. The van der Waals surface area contributed by atoms with Crippen LogP contribution in [-0.2, 0) is 23.0 Å². The molecule has 0 amide bonds. The molecule has 0 aliphatic heterocycles. The van der Waals surface area contributed by atoms with Crippen molar-refractivity contribution in [1.82, 2.24) is 0 Å². The van der Waals surface area contributed by atoms with E-state index >= 15 is 2.86 Å². The normalized spacial score (nSPS) is 16.4. The van der Waals surface area contributed by atoms with Crippen molar-refractivity contribution < 1.29 is 43.6 Å². The minimum atomic E-state index is -6.26. The molecule has 0 unspecified atom stereocenters. The fraction of sp³-hybridized carbons (Fsp3) is 0.158. The molecule has 2 aliphatic carbocycles. The molecule has 0 atom stereocenters. The fourth-order valence-corrected chi connectivity index (χ4v) is 12.1. The van der Waals surface area contributed by atoms with E-state index in [2.05, 4.69) is 0 Å². The van der Waals surface area contributed by atoms with Crippen LogP contribution in [0.5, 0.6) is 0 Å². The molecule has 1 N–H and O–H groups in total. The third kappa shape index (κ3) is 2.76. The summed E-state index contributed by atoms with van der Waals surface area (Å²) in [5.74, 6) is 0. The predicted molar refractivity (Wildman–Crippen MR) is 93.4 cm³/mol. The van der Waals surface area contributed by atoms with Crippen LogP contribution in [0.15, 0.2) is 48.6 Å². The second-order valence-electron chi connectivity index (χ2n) is 6.32. The average Bonchev–Trinajstić information content (AvgIpc) is 3.27. The van der Waals surface area contributed by atoms with Gasteiger partial charge in [-0.2, -0.15) is 0 Å². The molecule has 4 rings (SSSR count). The number of benzene rings is 2. The van der Waals surface area contributed by atoms with Gasteiger partial charge in [0.15, 0.2) is 0 Å². The van der Waals surface area contributed by atoms with E-state index in [1.807, 2.05) is 12.2 Å². The molecule has 144 valence electrons. The van der Waals surface area contributed by atoms with Gasteiger partial charge in [-0.1, -0.05) is 0 Å². The SMILES string of the molecule is O=S(=O)(O)C(F)(F)[I-](F)(c1ccc2c(c1)C=CC2)c1ccc2c(c1)C=CC2. The van der Waals surface area contributed by atoms with Crippen molar-refractivity contribution in [3.05, 3.63) is 77.9 Å². The minimum absolute atomic E-state index is 0.350. The summed E-state index contributed by atoms with van der Waals surface area (Å²) in [5, 5.41) is 0. The first-order chi connectivity index (χ1) is 12.6. The van der Waals surface area contributed by atoms with Crippen molar-refractivity contribution >= 4 is 22.3 Å². The van der Waals surface area contributed by atoms with Gasteiger partial charge < -0.3 is 0 Å². The summed E-state index contributed by atoms with van der Waals surface area (Å²) in [6.07, 6.45) is 8.25. The molecule has 0 saturated heterocycles. The Balaban J connectivity index is 1.99. The summed E-state index contributed by atoms with van der Waals surface area (Å²) in [5.41, 5.74) is 2.89. The van der Waals surface area contributed by atoms with Gasteiger partial charge in [0, 0.05) is 0 Å². The molecular formula is C19H15F3IO3S-. The summed E-state index contributed by atoms with van der Waals surface area (Å²) in [4.78, 5) is 0. The van der Waals surface area contributed by atoms with Gasteiger partial charge in [-0.15, -0.1) is 0 Å². The average molecular weight is 507 g/mol. The summed E-state index contributed by atoms with van der Waals surface area (Å²) < 4.78 is 72.7.